The number of hydrogen-bond donors (Lipinski definition) is 1. The number of aryl methyl sites for hydroxylation is 1. The Hall–Kier alpha value is -2.67. The molecule has 1 N–H and O–H groups in total. The molecule has 0 fully saturated rings. The third kappa shape index (κ3) is 5.21. The van der Waals surface area contributed by atoms with Crippen LogP contribution in [0.5, 0.6) is 17.2 Å². The van der Waals surface area contributed by atoms with E-state index in [1.54, 1.807) is 20.3 Å². The second-order valence-corrected chi connectivity index (χ2v) is 7.83. The molecule has 0 saturated heterocycles. The van der Waals surface area contributed by atoms with Gasteiger partial charge in [-0.05, 0) is 60.9 Å². The molecule has 0 aliphatic heterocycles. The molecule has 1 aliphatic rings. The van der Waals surface area contributed by atoms with Gasteiger partial charge in [0.05, 0.1) is 31.8 Å². The highest BCUT2D eigenvalue weighted by Crippen LogP contribution is 2.50. The molecule has 0 spiro atoms. The molecule has 7 heteroatoms. The molecular formula is C25H33NO5S. The largest absolute Gasteiger partial charge is 0.492 e. The number of rotatable bonds is 6. The van der Waals surface area contributed by atoms with Gasteiger partial charge < -0.3 is 19.5 Å². The van der Waals surface area contributed by atoms with Crippen LogP contribution in [0.1, 0.15) is 51.3 Å². The highest BCUT2D eigenvalue weighted by molar-refractivity contribution is 7.98. The van der Waals surface area contributed by atoms with Gasteiger partial charge in [-0.3, -0.25) is 9.59 Å². The first-order valence-electron chi connectivity index (χ1n) is 10.8. The van der Waals surface area contributed by atoms with Gasteiger partial charge in [0.1, 0.15) is 0 Å². The summed E-state index contributed by atoms with van der Waals surface area (Å²) in [6.07, 6.45) is 3.21. The van der Waals surface area contributed by atoms with E-state index < -0.39 is 0 Å². The average Bonchev–Trinajstić information content (AvgIpc) is 3.03. The molecule has 1 amide bonds. The smallest absolute Gasteiger partial charge is 0.217 e. The fourth-order valence-corrected chi connectivity index (χ4v) is 4.44. The number of carbonyl (C=O) groups excluding carboxylic acids is 1. The van der Waals surface area contributed by atoms with Crippen molar-refractivity contribution in [3.8, 4) is 28.4 Å². The van der Waals surface area contributed by atoms with Crippen molar-refractivity contribution >= 4 is 17.7 Å². The summed E-state index contributed by atoms with van der Waals surface area (Å²) in [6.45, 7) is 7.90. The highest BCUT2D eigenvalue weighted by Gasteiger charge is 2.29. The Morgan fingerprint density at radius 3 is 2.41 bits per heavy atom. The number of thioether (sulfide) groups is 1. The molecule has 2 aromatic rings. The van der Waals surface area contributed by atoms with Gasteiger partial charge in [0.25, 0.3) is 0 Å². The highest BCUT2D eigenvalue weighted by atomic mass is 32.2. The van der Waals surface area contributed by atoms with Crippen LogP contribution in [0.25, 0.3) is 11.1 Å². The van der Waals surface area contributed by atoms with Crippen LogP contribution in [0, 0.1) is 0 Å². The molecule has 0 bridgehead atoms. The second-order valence-electron chi connectivity index (χ2n) is 6.98. The van der Waals surface area contributed by atoms with E-state index in [2.05, 4.69) is 5.32 Å². The molecule has 1 aliphatic carbocycles. The summed E-state index contributed by atoms with van der Waals surface area (Å²) < 4.78 is 17.2. The van der Waals surface area contributed by atoms with E-state index in [9.17, 15) is 9.59 Å². The van der Waals surface area contributed by atoms with Gasteiger partial charge in [0.15, 0.2) is 16.9 Å². The molecule has 174 valence electrons. The minimum absolute atomic E-state index is 0.0700. The van der Waals surface area contributed by atoms with E-state index in [1.807, 2.05) is 45.2 Å². The van der Waals surface area contributed by atoms with Gasteiger partial charge >= 0.3 is 0 Å². The van der Waals surface area contributed by atoms with Crippen LogP contribution in [0.3, 0.4) is 0 Å². The first kappa shape index (κ1) is 25.6. The zero-order valence-corrected chi connectivity index (χ0v) is 20.8. The topological polar surface area (TPSA) is 73.9 Å². The van der Waals surface area contributed by atoms with Gasteiger partial charge in [-0.2, -0.15) is 0 Å². The standard InChI is InChI=1S/C23H27NO5S.C2H6/c1-6-29-19-11-14-7-9-17(24-13(2)25)16-12-18(26)20(30-5)10-8-15(16)21(14)23(28-4)22(19)27-3;1-2/h8,10-12,17H,6-7,9H2,1-5H3,(H,24,25);1-2H3. The molecule has 6 nitrogen and oxygen atoms in total. The first-order chi connectivity index (χ1) is 15.4. The van der Waals surface area contributed by atoms with E-state index in [-0.39, 0.29) is 17.4 Å². The van der Waals surface area contributed by atoms with E-state index >= 15 is 0 Å². The minimum Gasteiger partial charge on any atom is -0.492 e. The second kappa shape index (κ2) is 11.8. The van der Waals surface area contributed by atoms with E-state index in [4.69, 9.17) is 14.2 Å². The molecule has 0 aromatic heterocycles. The molecule has 0 saturated carbocycles. The van der Waals surface area contributed by atoms with E-state index in [0.29, 0.717) is 41.6 Å². The van der Waals surface area contributed by atoms with Gasteiger partial charge in [-0.1, -0.05) is 19.9 Å². The lowest BCUT2D eigenvalue weighted by atomic mass is 9.95. The zero-order chi connectivity index (χ0) is 23.8. The van der Waals surface area contributed by atoms with Crippen LogP contribution >= 0.6 is 11.8 Å². The van der Waals surface area contributed by atoms with Crippen LogP contribution in [0.4, 0.5) is 0 Å². The number of benzene rings is 1. The summed E-state index contributed by atoms with van der Waals surface area (Å²) >= 11 is 1.40. The lowest BCUT2D eigenvalue weighted by Gasteiger charge is -2.20. The third-order valence-electron chi connectivity index (χ3n) is 5.18. The number of carbonyl (C=O) groups is 1. The molecule has 1 atom stereocenters. The Labute approximate surface area is 194 Å². The van der Waals surface area contributed by atoms with Crippen molar-refractivity contribution in [3.05, 3.63) is 45.6 Å². The summed E-state index contributed by atoms with van der Waals surface area (Å²) in [4.78, 5) is 25.3. The van der Waals surface area contributed by atoms with Crippen LogP contribution < -0.4 is 25.0 Å². The molecular weight excluding hydrogens is 426 g/mol. The summed E-state index contributed by atoms with van der Waals surface area (Å²) in [5.41, 5.74) is 3.44. The van der Waals surface area contributed by atoms with Crippen molar-refractivity contribution in [2.45, 2.75) is 51.5 Å². The van der Waals surface area contributed by atoms with Crippen molar-refractivity contribution in [1.29, 1.82) is 0 Å². The number of nitrogens with one attached hydrogen (secondary N) is 1. The maximum absolute atomic E-state index is 12.8. The van der Waals surface area contributed by atoms with Crippen LogP contribution in [-0.2, 0) is 11.2 Å². The summed E-state index contributed by atoms with van der Waals surface area (Å²) in [5.74, 6) is 1.55. The number of ether oxygens (including phenoxy) is 3. The average molecular weight is 460 g/mol. The molecule has 0 radical (unpaired) electrons. The monoisotopic (exact) mass is 459 g/mol. The summed E-state index contributed by atoms with van der Waals surface area (Å²) in [6, 6.07) is 7.09. The predicted octanol–water partition coefficient (Wildman–Crippen LogP) is 5.00. The Bertz CT molecular complexity index is 1020. The third-order valence-corrected chi connectivity index (χ3v) is 5.96. The predicted molar refractivity (Wildman–Crippen MR) is 130 cm³/mol. The maximum atomic E-state index is 12.8. The fourth-order valence-electron chi connectivity index (χ4n) is 3.97. The van der Waals surface area contributed by atoms with Gasteiger partial charge in [0, 0.05) is 12.5 Å². The molecule has 1 unspecified atom stereocenters. The van der Waals surface area contributed by atoms with Crippen LogP contribution in [-0.4, -0.2) is 33.0 Å². The molecule has 0 heterocycles. The number of hydrogen-bond acceptors (Lipinski definition) is 6. The van der Waals surface area contributed by atoms with Gasteiger partial charge in [-0.15, -0.1) is 11.8 Å². The van der Waals surface area contributed by atoms with E-state index in [1.165, 1.54) is 18.7 Å². The normalized spacial score (nSPS) is 14.0. The van der Waals surface area contributed by atoms with Crippen molar-refractivity contribution in [2.24, 2.45) is 0 Å². The van der Waals surface area contributed by atoms with Gasteiger partial charge in [0.2, 0.25) is 11.7 Å². The Kier molecular flexibility index (Phi) is 9.44. The lowest BCUT2D eigenvalue weighted by Crippen LogP contribution is -2.26. The quantitative estimate of drug-likeness (QED) is 0.613. The lowest BCUT2D eigenvalue weighted by molar-refractivity contribution is -0.119. The minimum atomic E-state index is -0.286. The number of fused-ring (bicyclic) bond motifs is 3. The van der Waals surface area contributed by atoms with Crippen molar-refractivity contribution in [3.63, 3.8) is 0 Å². The van der Waals surface area contributed by atoms with E-state index in [0.717, 1.165) is 22.3 Å². The SMILES string of the molecule is CC.CCOc1cc2c(c(OC)c1OC)-c1ccc(SC)c(=O)cc1C(NC(C)=O)CC2. The Morgan fingerprint density at radius 1 is 1.16 bits per heavy atom. The first-order valence-corrected chi connectivity index (χ1v) is 12.1. The summed E-state index contributed by atoms with van der Waals surface area (Å²) in [7, 11) is 3.18. The van der Waals surface area contributed by atoms with Crippen molar-refractivity contribution in [1.82, 2.24) is 5.32 Å². The van der Waals surface area contributed by atoms with Gasteiger partial charge in [-0.25, -0.2) is 0 Å². The number of amides is 1. The molecule has 32 heavy (non-hydrogen) atoms. The van der Waals surface area contributed by atoms with Crippen molar-refractivity contribution < 1.29 is 19.0 Å². The Balaban J connectivity index is 0.00000176. The van der Waals surface area contributed by atoms with Crippen molar-refractivity contribution in [2.75, 3.05) is 27.1 Å². The number of methoxy groups -OCH3 is 2. The molecule has 3 rings (SSSR count). The molecule has 2 aromatic carbocycles. The fraction of sp³-hybridized carbons (Fsp3) is 0.440. The zero-order valence-electron chi connectivity index (χ0n) is 20.0. The summed E-state index contributed by atoms with van der Waals surface area (Å²) in [5, 5.41) is 3.01. The van der Waals surface area contributed by atoms with Crippen LogP contribution in [0.15, 0.2) is 34.0 Å². The Morgan fingerprint density at radius 2 is 1.84 bits per heavy atom. The maximum Gasteiger partial charge on any atom is 0.217 e. The van der Waals surface area contributed by atoms with Crippen LogP contribution in [0.2, 0.25) is 0 Å².